The molecule has 1 rings (SSSR count). The Kier molecular flexibility index (Phi) is 6.13. The van der Waals surface area contributed by atoms with Gasteiger partial charge >= 0.3 is 0 Å². The van der Waals surface area contributed by atoms with Crippen LogP contribution in [0, 0.1) is 0 Å². The van der Waals surface area contributed by atoms with Crippen LogP contribution >= 0.6 is 27.7 Å². The van der Waals surface area contributed by atoms with Crippen molar-refractivity contribution in [3.05, 3.63) is 16.5 Å². The summed E-state index contributed by atoms with van der Waals surface area (Å²) in [5.74, 6) is 2.88. The third-order valence-corrected chi connectivity index (χ3v) is 3.41. The van der Waals surface area contributed by atoms with E-state index in [0.29, 0.717) is 6.04 Å². The van der Waals surface area contributed by atoms with Gasteiger partial charge in [0.25, 0.3) is 0 Å². The van der Waals surface area contributed by atoms with Crippen molar-refractivity contribution in [1.82, 2.24) is 9.97 Å². The Hall–Kier alpha value is -0.290. The average Bonchev–Trinajstić information content (AvgIpc) is 2.27. The lowest BCUT2D eigenvalue weighted by Crippen LogP contribution is -2.22. The van der Waals surface area contributed by atoms with E-state index in [9.17, 15) is 0 Å². The molecule has 1 unspecified atom stereocenters. The lowest BCUT2D eigenvalue weighted by atomic mass is 10.2. The highest BCUT2D eigenvalue weighted by Gasteiger charge is 2.07. The molecule has 0 aromatic carbocycles. The molecule has 5 heteroatoms. The Morgan fingerprint density at radius 2 is 2.19 bits per heavy atom. The fraction of sp³-hybridized carbons (Fsp3) is 0.636. The van der Waals surface area contributed by atoms with E-state index >= 15 is 0 Å². The van der Waals surface area contributed by atoms with E-state index in [4.69, 9.17) is 0 Å². The highest BCUT2D eigenvalue weighted by molar-refractivity contribution is 9.10. The summed E-state index contributed by atoms with van der Waals surface area (Å²) in [5, 5.41) is 3.44. The summed E-state index contributed by atoms with van der Waals surface area (Å²) < 4.78 is 0.848. The molecular weight excluding hydrogens is 286 g/mol. The first-order valence-corrected chi connectivity index (χ1v) is 7.67. The molecule has 1 atom stereocenters. The molecule has 1 aromatic heterocycles. The Labute approximate surface area is 110 Å². The zero-order valence-electron chi connectivity index (χ0n) is 9.96. The lowest BCUT2D eigenvalue weighted by Gasteiger charge is -2.16. The van der Waals surface area contributed by atoms with Crippen molar-refractivity contribution in [2.75, 3.05) is 17.3 Å². The second kappa shape index (κ2) is 7.12. The van der Waals surface area contributed by atoms with Crippen LogP contribution in [-0.2, 0) is 6.42 Å². The van der Waals surface area contributed by atoms with Gasteiger partial charge in [-0.2, -0.15) is 11.8 Å². The van der Waals surface area contributed by atoms with Crippen LogP contribution < -0.4 is 5.32 Å². The number of aryl methyl sites for hydroxylation is 1. The maximum Gasteiger partial charge on any atom is 0.131 e. The molecule has 0 spiro atoms. The molecule has 0 aliphatic carbocycles. The van der Waals surface area contributed by atoms with E-state index in [2.05, 4.69) is 51.3 Å². The molecular formula is C11H18BrN3S. The second-order valence-corrected chi connectivity index (χ2v) is 5.27. The van der Waals surface area contributed by atoms with Crippen molar-refractivity contribution in [3.8, 4) is 0 Å². The number of nitrogens with one attached hydrogen (secondary N) is 1. The fourth-order valence-electron chi connectivity index (χ4n) is 1.37. The van der Waals surface area contributed by atoms with Crippen molar-refractivity contribution >= 4 is 33.5 Å². The summed E-state index contributed by atoms with van der Waals surface area (Å²) >= 11 is 5.26. The number of hydrogen-bond acceptors (Lipinski definition) is 4. The van der Waals surface area contributed by atoms with Crippen LogP contribution in [-0.4, -0.2) is 28.0 Å². The highest BCUT2D eigenvalue weighted by atomic mass is 79.9. The van der Waals surface area contributed by atoms with E-state index in [1.165, 1.54) is 0 Å². The molecule has 0 saturated heterocycles. The van der Waals surface area contributed by atoms with Gasteiger partial charge in [0.1, 0.15) is 16.2 Å². The molecule has 90 valence electrons. The first-order chi connectivity index (χ1) is 7.69. The zero-order chi connectivity index (χ0) is 12.0. The van der Waals surface area contributed by atoms with Gasteiger partial charge in [-0.3, -0.25) is 0 Å². The van der Waals surface area contributed by atoms with E-state index in [0.717, 1.165) is 34.8 Å². The zero-order valence-corrected chi connectivity index (χ0v) is 12.4. The van der Waals surface area contributed by atoms with Gasteiger partial charge in [-0.05, 0) is 28.6 Å². The molecule has 0 aliphatic rings. The molecule has 1 N–H and O–H groups in total. The van der Waals surface area contributed by atoms with Crippen molar-refractivity contribution < 1.29 is 0 Å². The molecule has 3 nitrogen and oxygen atoms in total. The van der Waals surface area contributed by atoms with E-state index in [1.54, 1.807) is 0 Å². The SMILES string of the molecule is CCc1nc(Br)cc(NC(CC)CSC)n1. The van der Waals surface area contributed by atoms with Crippen LogP contribution in [0.15, 0.2) is 10.7 Å². The number of hydrogen-bond donors (Lipinski definition) is 1. The van der Waals surface area contributed by atoms with Crippen molar-refractivity contribution in [2.24, 2.45) is 0 Å². The average molecular weight is 304 g/mol. The van der Waals surface area contributed by atoms with Gasteiger partial charge in [0.15, 0.2) is 0 Å². The maximum absolute atomic E-state index is 4.46. The van der Waals surface area contributed by atoms with Gasteiger partial charge in [0.2, 0.25) is 0 Å². The Morgan fingerprint density at radius 3 is 2.75 bits per heavy atom. The Balaban J connectivity index is 2.74. The normalized spacial score (nSPS) is 12.5. The first kappa shape index (κ1) is 13.8. The highest BCUT2D eigenvalue weighted by Crippen LogP contribution is 2.15. The smallest absolute Gasteiger partial charge is 0.131 e. The summed E-state index contributed by atoms with van der Waals surface area (Å²) in [5.41, 5.74) is 0. The van der Waals surface area contributed by atoms with Gasteiger partial charge in [-0.15, -0.1) is 0 Å². The summed E-state index contributed by atoms with van der Waals surface area (Å²) in [6, 6.07) is 2.41. The number of rotatable bonds is 6. The van der Waals surface area contributed by atoms with Crippen LogP contribution in [0.3, 0.4) is 0 Å². The Morgan fingerprint density at radius 1 is 1.44 bits per heavy atom. The third kappa shape index (κ3) is 4.29. The number of nitrogens with zero attached hydrogens (tertiary/aromatic N) is 2. The predicted octanol–water partition coefficient (Wildman–Crippen LogP) is 3.36. The molecule has 0 fully saturated rings. The topological polar surface area (TPSA) is 37.8 Å². The van der Waals surface area contributed by atoms with Crippen LogP contribution in [0.5, 0.6) is 0 Å². The predicted molar refractivity (Wildman–Crippen MR) is 75.2 cm³/mol. The summed E-state index contributed by atoms with van der Waals surface area (Å²) in [4.78, 5) is 8.75. The Bertz CT molecular complexity index is 333. The quantitative estimate of drug-likeness (QED) is 0.818. The van der Waals surface area contributed by atoms with E-state index in [-0.39, 0.29) is 0 Å². The molecule has 0 amide bonds. The minimum absolute atomic E-state index is 0.474. The van der Waals surface area contributed by atoms with Crippen LogP contribution in [0.2, 0.25) is 0 Å². The van der Waals surface area contributed by atoms with Gasteiger partial charge in [0, 0.05) is 24.3 Å². The van der Waals surface area contributed by atoms with Gasteiger partial charge in [-0.1, -0.05) is 13.8 Å². The number of anilines is 1. The standard InChI is InChI=1S/C11H18BrN3S/c1-4-8(7-16-3)13-11-6-9(12)14-10(5-2)15-11/h6,8H,4-5,7H2,1-3H3,(H,13,14,15). The molecule has 16 heavy (non-hydrogen) atoms. The molecule has 1 heterocycles. The van der Waals surface area contributed by atoms with Crippen molar-refractivity contribution in [2.45, 2.75) is 32.7 Å². The van der Waals surface area contributed by atoms with Crippen LogP contribution in [0.25, 0.3) is 0 Å². The minimum atomic E-state index is 0.474. The summed E-state index contributed by atoms with van der Waals surface area (Å²) in [7, 11) is 0. The molecule has 0 bridgehead atoms. The van der Waals surface area contributed by atoms with Gasteiger partial charge in [-0.25, -0.2) is 9.97 Å². The largest absolute Gasteiger partial charge is 0.366 e. The van der Waals surface area contributed by atoms with E-state index < -0.39 is 0 Å². The van der Waals surface area contributed by atoms with Crippen molar-refractivity contribution in [1.29, 1.82) is 0 Å². The van der Waals surface area contributed by atoms with Gasteiger partial charge < -0.3 is 5.32 Å². The number of halogens is 1. The molecule has 0 saturated carbocycles. The van der Waals surface area contributed by atoms with Crippen LogP contribution in [0.4, 0.5) is 5.82 Å². The monoisotopic (exact) mass is 303 g/mol. The fourth-order valence-corrected chi connectivity index (χ4v) is 2.51. The summed E-state index contributed by atoms with van der Waals surface area (Å²) in [6.07, 6.45) is 4.08. The third-order valence-electron chi connectivity index (χ3n) is 2.27. The van der Waals surface area contributed by atoms with Crippen LogP contribution in [0.1, 0.15) is 26.1 Å². The minimum Gasteiger partial charge on any atom is -0.366 e. The van der Waals surface area contributed by atoms with Gasteiger partial charge in [0.05, 0.1) is 0 Å². The molecule has 0 aliphatic heterocycles. The number of aromatic nitrogens is 2. The maximum atomic E-state index is 4.46. The molecule has 0 radical (unpaired) electrons. The number of thioether (sulfide) groups is 1. The van der Waals surface area contributed by atoms with E-state index in [1.807, 2.05) is 17.8 Å². The second-order valence-electron chi connectivity index (χ2n) is 3.55. The lowest BCUT2D eigenvalue weighted by molar-refractivity contribution is 0.765. The first-order valence-electron chi connectivity index (χ1n) is 5.48. The van der Waals surface area contributed by atoms with Crippen molar-refractivity contribution in [3.63, 3.8) is 0 Å². The summed E-state index contributed by atoms with van der Waals surface area (Å²) in [6.45, 7) is 4.25. The molecule has 1 aromatic rings.